The van der Waals surface area contributed by atoms with Gasteiger partial charge in [-0.3, -0.25) is 15.8 Å². The number of carbonyl (C=O) groups is 1. The number of nitrogens with one attached hydrogen (secondary N) is 2. The first kappa shape index (κ1) is 15.3. The van der Waals surface area contributed by atoms with Crippen molar-refractivity contribution in [3.63, 3.8) is 0 Å². The Hall–Kier alpha value is -1.75. The topological polar surface area (TPSA) is 62.7 Å². The van der Waals surface area contributed by atoms with Crippen LogP contribution in [0.15, 0.2) is 29.3 Å². The molecule has 5 nitrogen and oxygen atoms in total. The summed E-state index contributed by atoms with van der Waals surface area (Å²) >= 11 is 0. The molecule has 0 saturated carbocycles. The van der Waals surface area contributed by atoms with Crippen molar-refractivity contribution in [3.05, 3.63) is 29.8 Å². The fourth-order valence-electron chi connectivity index (χ4n) is 1.77. The maximum atomic E-state index is 11.3. The zero-order valence-electron chi connectivity index (χ0n) is 11.0. The highest BCUT2D eigenvalue weighted by atomic mass is 35.5. The van der Waals surface area contributed by atoms with Gasteiger partial charge in [0.25, 0.3) is 0 Å². The Morgan fingerprint density at radius 3 is 2.63 bits per heavy atom. The molecule has 1 heterocycles. The average Bonchev–Trinajstić information content (AvgIpc) is 2.86. The van der Waals surface area contributed by atoms with Gasteiger partial charge in [-0.2, -0.15) is 0 Å². The molecule has 2 rings (SSSR count). The van der Waals surface area contributed by atoms with E-state index in [0.717, 1.165) is 17.9 Å². The molecule has 1 aliphatic rings. The van der Waals surface area contributed by atoms with Crippen LogP contribution in [0, 0.1) is 6.92 Å². The predicted molar refractivity (Wildman–Crippen MR) is 77.7 cm³/mol. The molecule has 19 heavy (non-hydrogen) atoms. The molecule has 0 bridgehead atoms. The van der Waals surface area contributed by atoms with Gasteiger partial charge in [-0.05, 0) is 25.5 Å². The summed E-state index contributed by atoms with van der Waals surface area (Å²) in [7, 11) is 1.38. The van der Waals surface area contributed by atoms with Crippen molar-refractivity contribution in [3.8, 4) is 0 Å². The molecule has 1 atom stereocenters. The molecule has 1 aromatic rings. The number of aliphatic imine (C=N–C) groups is 1. The molecule has 0 aromatic heterocycles. The molecule has 0 radical (unpaired) electrons. The smallest absolute Gasteiger partial charge is 0.330 e. The summed E-state index contributed by atoms with van der Waals surface area (Å²) in [6.07, 6.45) is 1.45. The number of hydrazine groups is 1. The van der Waals surface area contributed by atoms with E-state index in [4.69, 9.17) is 0 Å². The minimum absolute atomic E-state index is 0. The van der Waals surface area contributed by atoms with Crippen molar-refractivity contribution in [2.45, 2.75) is 25.8 Å². The summed E-state index contributed by atoms with van der Waals surface area (Å²) in [4.78, 5) is 15.6. The number of amidine groups is 1. The van der Waals surface area contributed by atoms with Gasteiger partial charge in [0.1, 0.15) is 11.9 Å². The number of halogens is 1. The third kappa shape index (κ3) is 4.13. The normalized spacial score (nSPS) is 17.2. The second kappa shape index (κ2) is 6.99. The second-order valence-corrected chi connectivity index (χ2v) is 4.27. The molecule has 104 valence electrons. The largest absolute Gasteiger partial charge is 0.467 e. The Morgan fingerprint density at radius 2 is 2.00 bits per heavy atom. The standard InChI is InChI=1S/C13H17N3O2.ClH/c1-9-3-5-10(6-4-9)15-16-12-8-7-11(14-12)13(17)18-2;/h3-6,11,15H,7-8H2,1-2H3,(H,14,16);1H. The average molecular weight is 284 g/mol. The lowest BCUT2D eigenvalue weighted by Crippen LogP contribution is -2.27. The van der Waals surface area contributed by atoms with E-state index < -0.39 is 0 Å². The first-order chi connectivity index (χ1) is 8.69. The number of anilines is 1. The molecule has 1 aliphatic heterocycles. The van der Waals surface area contributed by atoms with E-state index in [9.17, 15) is 4.79 Å². The van der Waals surface area contributed by atoms with Crippen LogP contribution in [-0.4, -0.2) is 25.0 Å². The van der Waals surface area contributed by atoms with Gasteiger partial charge in [0, 0.05) is 6.42 Å². The van der Waals surface area contributed by atoms with Crippen LogP contribution in [0.5, 0.6) is 0 Å². The van der Waals surface area contributed by atoms with Crippen LogP contribution in [0.3, 0.4) is 0 Å². The molecule has 0 aliphatic carbocycles. The Labute approximate surface area is 118 Å². The lowest BCUT2D eigenvalue weighted by molar-refractivity contribution is -0.141. The minimum atomic E-state index is -0.364. The van der Waals surface area contributed by atoms with Crippen molar-refractivity contribution in [1.29, 1.82) is 0 Å². The molecular weight excluding hydrogens is 266 g/mol. The van der Waals surface area contributed by atoms with E-state index in [1.165, 1.54) is 12.7 Å². The number of rotatable bonds is 3. The van der Waals surface area contributed by atoms with Gasteiger partial charge >= 0.3 is 5.97 Å². The number of hydrogen-bond acceptors (Lipinski definition) is 5. The molecule has 0 saturated heterocycles. The SMILES string of the molecule is COC(=O)C1CCC(NNc2ccc(C)cc2)=N1.Cl. The first-order valence-electron chi connectivity index (χ1n) is 5.92. The third-order valence-corrected chi connectivity index (χ3v) is 2.84. The number of nitrogens with zero attached hydrogens (tertiary/aromatic N) is 1. The van der Waals surface area contributed by atoms with E-state index >= 15 is 0 Å². The van der Waals surface area contributed by atoms with Gasteiger partial charge < -0.3 is 4.74 Å². The van der Waals surface area contributed by atoms with E-state index in [1.807, 2.05) is 31.2 Å². The van der Waals surface area contributed by atoms with E-state index in [2.05, 4.69) is 20.6 Å². The zero-order chi connectivity index (χ0) is 13.0. The molecule has 0 fully saturated rings. The minimum Gasteiger partial charge on any atom is -0.467 e. The third-order valence-electron chi connectivity index (χ3n) is 2.84. The Bertz CT molecular complexity index is 459. The maximum absolute atomic E-state index is 11.3. The van der Waals surface area contributed by atoms with E-state index in [1.54, 1.807) is 0 Å². The summed E-state index contributed by atoms with van der Waals surface area (Å²) in [6.45, 7) is 2.04. The fraction of sp³-hybridized carbons (Fsp3) is 0.385. The predicted octanol–water partition coefficient (Wildman–Crippen LogP) is 2.07. The highest BCUT2D eigenvalue weighted by Crippen LogP contribution is 2.14. The van der Waals surface area contributed by atoms with Crippen LogP contribution in [0.1, 0.15) is 18.4 Å². The number of hydrogen-bond donors (Lipinski definition) is 2. The highest BCUT2D eigenvalue weighted by Gasteiger charge is 2.24. The summed E-state index contributed by atoms with van der Waals surface area (Å²) in [5, 5.41) is 0. The van der Waals surface area contributed by atoms with Gasteiger partial charge in [0.2, 0.25) is 0 Å². The lowest BCUT2D eigenvalue weighted by Gasteiger charge is -2.09. The molecule has 6 heteroatoms. The van der Waals surface area contributed by atoms with Crippen LogP contribution in [0.25, 0.3) is 0 Å². The van der Waals surface area contributed by atoms with Gasteiger partial charge in [0.05, 0.1) is 12.8 Å². The Kier molecular flexibility index (Phi) is 5.63. The van der Waals surface area contributed by atoms with Crippen molar-refractivity contribution >= 4 is 29.9 Å². The van der Waals surface area contributed by atoms with Crippen molar-refractivity contribution in [2.75, 3.05) is 12.5 Å². The highest BCUT2D eigenvalue weighted by molar-refractivity contribution is 5.90. The first-order valence-corrected chi connectivity index (χ1v) is 5.92. The number of aryl methyl sites for hydroxylation is 1. The van der Waals surface area contributed by atoms with Gasteiger partial charge in [-0.25, -0.2) is 4.79 Å². The number of esters is 1. The number of carbonyl (C=O) groups excluding carboxylic acids is 1. The van der Waals surface area contributed by atoms with E-state index in [-0.39, 0.29) is 24.4 Å². The van der Waals surface area contributed by atoms with Crippen LogP contribution < -0.4 is 10.9 Å². The van der Waals surface area contributed by atoms with Gasteiger partial charge in [0.15, 0.2) is 0 Å². The number of methoxy groups -OCH3 is 1. The fourth-order valence-corrected chi connectivity index (χ4v) is 1.77. The number of ether oxygens (including phenoxy) is 1. The quantitative estimate of drug-likeness (QED) is 0.658. The van der Waals surface area contributed by atoms with Crippen molar-refractivity contribution in [2.24, 2.45) is 4.99 Å². The zero-order valence-corrected chi connectivity index (χ0v) is 11.8. The lowest BCUT2D eigenvalue weighted by atomic mass is 10.2. The van der Waals surface area contributed by atoms with Crippen LogP contribution >= 0.6 is 12.4 Å². The molecule has 2 N–H and O–H groups in total. The summed E-state index contributed by atoms with van der Waals surface area (Å²) in [5.41, 5.74) is 8.25. The van der Waals surface area contributed by atoms with Gasteiger partial charge in [-0.15, -0.1) is 12.4 Å². The maximum Gasteiger partial charge on any atom is 0.330 e. The summed E-state index contributed by atoms with van der Waals surface area (Å²) in [5.74, 6) is 0.508. The Morgan fingerprint density at radius 1 is 1.32 bits per heavy atom. The molecule has 1 unspecified atom stereocenters. The molecular formula is C13H18ClN3O2. The van der Waals surface area contributed by atoms with Crippen LogP contribution in [-0.2, 0) is 9.53 Å². The van der Waals surface area contributed by atoms with Gasteiger partial charge in [-0.1, -0.05) is 17.7 Å². The van der Waals surface area contributed by atoms with E-state index in [0.29, 0.717) is 6.42 Å². The number of benzene rings is 1. The second-order valence-electron chi connectivity index (χ2n) is 4.27. The molecule has 1 aromatic carbocycles. The Balaban J connectivity index is 0.00000180. The van der Waals surface area contributed by atoms with Crippen molar-refractivity contribution < 1.29 is 9.53 Å². The molecule has 0 amide bonds. The molecule has 0 spiro atoms. The van der Waals surface area contributed by atoms with Crippen molar-refractivity contribution in [1.82, 2.24) is 5.43 Å². The monoisotopic (exact) mass is 283 g/mol. The van der Waals surface area contributed by atoms with Crippen LogP contribution in [0.4, 0.5) is 5.69 Å². The summed E-state index contributed by atoms with van der Waals surface area (Å²) in [6, 6.07) is 7.65. The summed E-state index contributed by atoms with van der Waals surface area (Å²) < 4.78 is 4.66. The van der Waals surface area contributed by atoms with Crippen LogP contribution in [0.2, 0.25) is 0 Å².